The van der Waals surface area contributed by atoms with Crippen molar-refractivity contribution in [3.63, 3.8) is 0 Å². The summed E-state index contributed by atoms with van der Waals surface area (Å²) in [6, 6.07) is 0.893. The van der Waals surface area contributed by atoms with Crippen molar-refractivity contribution in [2.24, 2.45) is 0 Å². The highest BCUT2D eigenvalue weighted by Gasteiger charge is 2.39. The highest BCUT2D eigenvalue weighted by atomic mass is 32.2. The fourth-order valence-electron chi connectivity index (χ4n) is 2.21. The van der Waals surface area contributed by atoms with Crippen molar-refractivity contribution in [3.05, 3.63) is 27.9 Å². The summed E-state index contributed by atoms with van der Waals surface area (Å²) >= 11 is 0. The van der Waals surface area contributed by atoms with Gasteiger partial charge in [-0.3, -0.25) is 10.1 Å². The number of rotatable bonds is 4. The minimum Gasteiger partial charge on any atom is -0.478 e. The maximum absolute atomic E-state index is 11.5. The van der Waals surface area contributed by atoms with Gasteiger partial charge in [-0.25, -0.2) is 18.2 Å². The Hall–Kier alpha value is -2.23. The smallest absolute Gasteiger partial charge is 0.339 e. The molecule has 0 radical (unpaired) electrons. The quantitative estimate of drug-likeness (QED) is 0.610. The topological polar surface area (TPSA) is 140 Å². The molecule has 10 heteroatoms. The average molecular weight is 315 g/mol. The van der Waals surface area contributed by atoms with Crippen molar-refractivity contribution in [2.45, 2.75) is 18.9 Å². The minimum atomic E-state index is -3.17. The van der Waals surface area contributed by atoms with Gasteiger partial charge in [0.05, 0.1) is 22.0 Å². The van der Waals surface area contributed by atoms with Crippen LogP contribution in [0.4, 0.5) is 11.5 Å². The van der Waals surface area contributed by atoms with Gasteiger partial charge in [-0.15, -0.1) is 0 Å². The van der Waals surface area contributed by atoms with E-state index in [2.05, 4.69) is 10.3 Å². The number of nitrogens with zero attached hydrogens (tertiary/aromatic N) is 2. The Kier molecular flexibility index (Phi) is 3.58. The lowest BCUT2D eigenvalue weighted by atomic mass is 10.0. The lowest BCUT2D eigenvalue weighted by Crippen LogP contribution is -2.36. The molecule has 1 aliphatic heterocycles. The number of sulfone groups is 1. The molecular formula is C11H13N3O6S. The van der Waals surface area contributed by atoms with E-state index in [1.54, 1.807) is 6.92 Å². The number of aromatic carboxylic acids is 1. The van der Waals surface area contributed by atoms with Crippen LogP contribution in [0.2, 0.25) is 0 Å². The number of aromatic nitrogens is 1. The SMILES string of the molecule is CC1(Nc2ncc([N+](=O)[O-])cc2C(=O)O)CCS(=O)(=O)C1. The zero-order valence-corrected chi connectivity index (χ0v) is 11.9. The molecule has 1 aromatic heterocycles. The van der Waals surface area contributed by atoms with Crippen molar-refractivity contribution in [3.8, 4) is 0 Å². The first kappa shape index (κ1) is 15.2. The van der Waals surface area contributed by atoms with Crippen molar-refractivity contribution in [1.29, 1.82) is 0 Å². The van der Waals surface area contributed by atoms with Crippen molar-refractivity contribution in [2.75, 3.05) is 16.8 Å². The summed E-state index contributed by atoms with van der Waals surface area (Å²) in [5.41, 5.74) is -1.65. The van der Waals surface area contributed by atoms with Crippen LogP contribution in [0.15, 0.2) is 12.3 Å². The van der Waals surface area contributed by atoms with Crippen LogP contribution in [-0.4, -0.2) is 46.4 Å². The first-order valence-corrected chi connectivity index (χ1v) is 7.80. The van der Waals surface area contributed by atoms with Gasteiger partial charge in [-0.1, -0.05) is 0 Å². The Morgan fingerprint density at radius 2 is 2.24 bits per heavy atom. The van der Waals surface area contributed by atoms with Gasteiger partial charge in [0, 0.05) is 6.07 Å². The first-order chi connectivity index (χ1) is 9.62. The van der Waals surface area contributed by atoms with Crippen LogP contribution in [0.3, 0.4) is 0 Å². The number of hydrogen-bond acceptors (Lipinski definition) is 7. The van der Waals surface area contributed by atoms with Gasteiger partial charge in [0.1, 0.15) is 17.6 Å². The number of nitro groups is 1. The van der Waals surface area contributed by atoms with Gasteiger partial charge in [-0.2, -0.15) is 0 Å². The van der Waals surface area contributed by atoms with E-state index in [0.29, 0.717) is 6.42 Å². The molecule has 2 heterocycles. The number of anilines is 1. The average Bonchev–Trinajstić information content (AvgIpc) is 2.63. The molecule has 0 aliphatic carbocycles. The molecule has 2 N–H and O–H groups in total. The van der Waals surface area contributed by atoms with E-state index < -0.39 is 32.0 Å². The molecule has 1 aromatic rings. The molecule has 1 unspecified atom stereocenters. The second kappa shape index (κ2) is 4.95. The van der Waals surface area contributed by atoms with E-state index in [1.807, 2.05) is 0 Å². The maximum Gasteiger partial charge on any atom is 0.339 e. The predicted molar refractivity (Wildman–Crippen MR) is 73.1 cm³/mol. The van der Waals surface area contributed by atoms with E-state index in [4.69, 9.17) is 5.11 Å². The first-order valence-electron chi connectivity index (χ1n) is 5.98. The van der Waals surface area contributed by atoms with Crippen molar-refractivity contribution < 1.29 is 23.2 Å². The Morgan fingerprint density at radius 1 is 1.57 bits per heavy atom. The number of hydrogen-bond donors (Lipinski definition) is 2. The Labute approximate surface area is 120 Å². The van der Waals surface area contributed by atoms with Crippen LogP contribution in [0.1, 0.15) is 23.7 Å². The van der Waals surface area contributed by atoms with E-state index in [1.165, 1.54) is 0 Å². The van der Waals surface area contributed by atoms with Crippen molar-refractivity contribution >= 4 is 27.3 Å². The molecule has 0 amide bonds. The molecule has 0 saturated carbocycles. The molecule has 114 valence electrons. The fraction of sp³-hybridized carbons (Fsp3) is 0.455. The molecule has 0 bridgehead atoms. The summed E-state index contributed by atoms with van der Waals surface area (Å²) in [7, 11) is -3.17. The van der Waals surface area contributed by atoms with Gasteiger partial charge in [0.25, 0.3) is 5.69 Å². The van der Waals surface area contributed by atoms with E-state index in [9.17, 15) is 23.3 Å². The monoisotopic (exact) mass is 315 g/mol. The van der Waals surface area contributed by atoms with E-state index in [0.717, 1.165) is 12.3 Å². The molecule has 0 aromatic carbocycles. The number of carboxylic acids is 1. The third-order valence-corrected chi connectivity index (χ3v) is 5.14. The van der Waals surface area contributed by atoms with Crippen LogP contribution < -0.4 is 5.32 Å². The Bertz CT molecular complexity index is 717. The minimum absolute atomic E-state index is 0.00584. The highest BCUT2D eigenvalue weighted by Crippen LogP contribution is 2.29. The van der Waals surface area contributed by atoms with Gasteiger partial charge >= 0.3 is 5.97 Å². The Balaban J connectivity index is 2.36. The zero-order chi connectivity index (χ0) is 15.8. The van der Waals surface area contributed by atoms with Crippen LogP contribution >= 0.6 is 0 Å². The third kappa shape index (κ3) is 3.27. The number of carboxylic acid groups (broad SMARTS) is 1. The summed E-state index contributed by atoms with van der Waals surface area (Å²) in [5.74, 6) is -1.59. The van der Waals surface area contributed by atoms with E-state index >= 15 is 0 Å². The zero-order valence-electron chi connectivity index (χ0n) is 11.1. The normalized spacial score (nSPS) is 23.7. The summed E-state index contributed by atoms with van der Waals surface area (Å²) in [4.78, 5) is 24.8. The van der Waals surface area contributed by atoms with Gasteiger partial charge < -0.3 is 10.4 Å². The van der Waals surface area contributed by atoms with Crippen LogP contribution in [-0.2, 0) is 9.84 Å². The molecule has 0 spiro atoms. The second-order valence-electron chi connectivity index (χ2n) is 5.18. The molecule has 2 rings (SSSR count). The fourth-order valence-corrected chi connectivity index (χ4v) is 4.30. The summed E-state index contributed by atoms with van der Waals surface area (Å²) < 4.78 is 23.1. The van der Waals surface area contributed by atoms with Gasteiger partial charge in [-0.05, 0) is 13.3 Å². The number of carbonyl (C=O) groups is 1. The number of pyridine rings is 1. The second-order valence-corrected chi connectivity index (χ2v) is 7.36. The molecule has 1 saturated heterocycles. The van der Waals surface area contributed by atoms with E-state index in [-0.39, 0.29) is 22.9 Å². The summed E-state index contributed by atoms with van der Waals surface area (Å²) in [6.45, 7) is 1.65. The largest absolute Gasteiger partial charge is 0.478 e. The Morgan fingerprint density at radius 3 is 2.71 bits per heavy atom. The standard InChI is InChI=1S/C11H13N3O6S/c1-11(2-3-21(19,20)6-11)13-9-8(10(15)16)4-7(5-12-9)14(17)18/h4-5H,2-3,6H2,1H3,(H,12,13)(H,15,16). The number of nitrogens with one attached hydrogen (secondary N) is 1. The molecule has 9 nitrogen and oxygen atoms in total. The molecule has 21 heavy (non-hydrogen) atoms. The summed E-state index contributed by atoms with van der Waals surface area (Å²) in [5, 5.41) is 22.6. The van der Waals surface area contributed by atoms with Crippen molar-refractivity contribution in [1.82, 2.24) is 4.98 Å². The summed E-state index contributed by atoms with van der Waals surface area (Å²) in [6.07, 6.45) is 1.24. The van der Waals surface area contributed by atoms with Crippen LogP contribution in [0.5, 0.6) is 0 Å². The van der Waals surface area contributed by atoms with Gasteiger partial charge in [0.15, 0.2) is 9.84 Å². The van der Waals surface area contributed by atoms with Gasteiger partial charge in [0.2, 0.25) is 0 Å². The third-order valence-electron chi connectivity index (χ3n) is 3.24. The highest BCUT2D eigenvalue weighted by molar-refractivity contribution is 7.91. The van der Waals surface area contributed by atoms with Crippen LogP contribution in [0, 0.1) is 10.1 Å². The molecular weight excluding hydrogens is 302 g/mol. The molecule has 1 atom stereocenters. The molecule has 1 aliphatic rings. The molecule has 1 fully saturated rings. The lowest BCUT2D eigenvalue weighted by Gasteiger charge is -2.25. The van der Waals surface area contributed by atoms with Crippen LogP contribution in [0.25, 0.3) is 0 Å². The maximum atomic E-state index is 11.5. The predicted octanol–water partition coefficient (Wildman–Crippen LogP) is 0.677. The lowest BCUT2D eigenvalue weighted by molar-refractivity contribution is -0.385.